The second-order valence-corrected chi connectivity index (χ2v) is 6.55. The highest BCUT2D eigenvalue weighted by Gasteiger charge is 2.19. The Morgan fingerprint density at radius 1 is 1.44 bits per heavy atom. The van der Waals surface area contributed by atoms with E-state index in [1.807, 2.05) is 17.5 Å². The van der Waals surface area contributed by atoms with Crippen molar-refractivity contribution in [2.24, 2.45) is 5.92 Å². The lowest BCUT2D eigenvalue weighted by Crippen LogP contribution is -2.30. The van der Waals surface area contributed by atoms with E-state index in [1.54, 1.807) is 0 Å². The Bertz CT molecular complexity index is 331. The highest BCUT2D eigenvalue weighted by atomic mass is 79.9. The number of thiophene rings is 1. The van der Waals surface area contributed by atoms with Crippen molar-refractivity contribution in [3.8, 4) is 0 Å². The molecule has 88 valence electrons. The maximum absolute atomic E-state index is 11.7. The Hall–Kier alpha value is -0.350. The lowest BCUT2D eigenvalue weighted by molar-refractivity contribution is 0.0948. The Labute approximate surface area is 109 Å². The molecular formula is C12H16BrNOS. The van der Waals surface area contributed by atoms with Crippen LogP contribution in [0.4, 0.5) is 0 Å². The lowest BCUT2D eigenvalue weighted by atomic mass is 9.89. The van der Waals surface area contributed by atoms with Gasteiger partial charge in [-0.2, -0.15) is 0 Å². The zero-order chi connectivity index (χ0) is 11.4. The second-order valence-electron chi connectivity index (χ2n) is 4.31. The van der Waals surface area contributed by atoms with Crippen LogP contribution in [-0.4, -0.2) is 17.3 Å². The molecule has 1 amide bonds. The van der Waals surface area contributed by atoms with Gasteiger partial charge in [-0.15, -0.1) is 11.3 Å². The van der Waals surface area contributed by atoms with Crippen molar-refractivity contribution in [1.29, 1.82) is 0 Å². The first kappa shape index (κ1) is 12.1. The molecule has 2 nitrogen and oxygen atoms in total. The minimum absolute atomic E-state index is 0.0796. The summed E-state index contributed by atoms with van der Waals surface area (Å²) in [5.41, 5.74) is 0. The molecular weight excluding hydrogens is 286 g/mol. The van der Waals surface area contributed by atoms with Crippen LogP contribution >= 0.6 is 27.3 Å². The van der Waals surface area contributed by atoms with Gasteiger partial charge in [0.1, 0.15) is 0 Å². The molecule has 0 spiro atoms. The highest BCUT2D eigenvalue weighted by Crippen LogP contribution is 2.28. The van der Waals surface area contributed by atoms with Crippen molar-refractivity contribution in [2.75, 3.05) is 6.54 Å². The topological polar surface area (TPSA) is 29.1 Å². The first-order chi connectivity index (χ1) is 7.75. The van der Waals surface area contributed by atoms with Crippen LogP contribution in [0, 0.1) is 5.92 Å². The SMILES string of the molecule is O=C(NCC1CCC(Br)CC1)c1cccs1. The van der Waals surface area contributed by atoms with E-state index < -0.39 is 0 Å². The van der Waals surface area contributed by atoms with E-state index in [-0.39, 0.29) is 5.91 Å². The van der Waals surface area contributed by atoms with Crippen LogP contribution in [0.15, 0.2) is 17.5 Å². The standard InChI is InChI=1S/C12H16BrNOS/c13-10-5-3-9(4-6-10)8-14-12(15)11-2-1-7-16-11/h1-2,7,9-10H,3-6,8H2,(H,14,15). The molecule has 1 heterocycles. The molecule has 0 aliphatic heterocycles. The summed E-state index contributed by atoms with van der Waals surface area (Å²) in [6, 6.07) is 3.78. The van der Waals surface area contributed by atoms with E-state index in [9.17, 15) is 4.79 Å². The quantitative estimate of drug-likeness (QED) is 0.852. The third kappa shape index (κ3) is 3.32. The van der Waals surface area contributed by atoms with Gasteiger partial charge in [0.05, 0.1) is 4.88 Å². The smallest absolute Gasteiger partial charge is 0.261 e. The maximum atomic E-state index is 11.7. The molecule has 1 fully saturated rings. The number of carbonyl (C=O) groups excluding carboxylic acids is 1. The predicted molar refractivity (Wildman–Crippen MR) is 71.3 cm³/mol. The molecule has 1 aliphatic carbocycles. The summed E-state index contributed by atoms with van der Waals surface area (Å²) in [7, 11) is 0. The van der Waals surface area contributed by atoms with Crippen LogP contribution in [0.2, 0.25) is 0 Å². The number of hydrogen-bond donors (Lipinski definition) is 1. The van der Waals surface area contributed by atoms with Gasteiger partial charge in [0.15, 0.2) is 0 Å². The van der Waals surface area contributed by atoms with Gasteiger partial charge in [-0.1, -0.05) is 22.0 Å². The number of amides is 1. The molecule has 0 aromatic carbocycles. The van der Waals surface area contributed by atoms with Gasteiger partial charge in [-0.25, -0.2) is 0 Å². The molecule has 0 unspecified atom stereocenters. The number of nitrogens with one attached hydrogen (secondary N) is 1. The molecule has 4 heteroatoms. The van der Waals surface area contributed by atoms with Crippen LogP contribution in [0.1, 0.15) is 35.4 Å². The monoisotopic (exact) mass is 301 g/mol. The van der Waals surface area contributed by atoms with Crippen molar-refractivity contribution >= 4 is 33.2 Å². The summed E-state index contributed by atoms with van der Waals surface area (Å²) in [6.07, 6.45) is 4.92. The number of carbonyl (C=O) groups is 1. The molecule has 1 aliphatic rings. The van der Waals surface area contributed by atoms with Gasteiger partial charge >= 0.3 is 0 Å². The maximum Gasteiger partial charge on any atom is 0.261 e. The lowest BCUT2D eigenvalue weighted by Gasteiger charge is -2.25. The summed E-state index contributed by atoms with van der Waals surface area (Å²) in [4.78, 5) is 13.2. The fourth-order valence-corrected chi connectivity index (χ4v) is 3.23. The molecule has 0 atom stereocenters. The highest BCUT2D eigenvalue weighted by molar-refractivity contribution is 9.09. The van der Waals surface area contributed by atoms with E-state index in [4.69, 9.17) is 0 Å². The largest absolute Gasteiger partial charge is 0.351 e. The van der Waals surface area contributed by atoms with E-state index in [1.165, 1.54) is 37.0 Å². The average molecular weight is 302 g/mol. The molecule has 1 aromatic heterocycles. The van der Waals surface area contributed by atoms with E-state index >= 15 is 0 Å². The van der Waals surface area contributed by atoms with Crippen molar-refractivity contribution in [3.05, 3.63) is 22.4 Å². The fourth-order valence-electron chi connectivity index (χ4n) is 2.06. The zero-order valence-electron chi connectivity index (χ0n) is 9.12. The number of hydrogen-bond acceptors (Lipinski definition) is 2. The summed E-state index contributed by atoms with van der Waals surface area (Å²) in [6.45, 7) is 0.830. The first-order valence-electron chi connectivity index (χ1n) is 5.71. The number of alkyl halides is 1. The normalized spacial score (nSPS) is 25.3. The summed E-state index contributed by atoms with van der Waals surface area (Å²) >= 11 is 5.14. The average Bonchev–Trinajstić information content (AvgIpc) is 2.81. The van der Waals surface area contributed by atoms with Crippen LogP contribution in [0.3, 0.4) is 0 Å². The molecule has 1 saturated carbocycles. The molecule has 1 aromatic rings. The van der Waals surface area contributed by atoms with Crippen LogP contribution < -0.4 is 5.32 Å². The fraction of sp³-hybridized carbons (Fsp3) is 0.583. The van der Waals surface area contributed by atoms with Crippen molar-refractivity contribution < 1.29 is 4.79 Å². The van der Waals surface area contributed by atoms with Gasteiger partial charge in [0, 0.05) is 11.4 Å². The van der Waals surface area contributed by atoms with Crippen molar-refractivity contribution in [2.45, 2.75) is 30.5 Å². The minimum Gasteiger partial charge on any atom is -0.351 e. The predicted octanol–water partition coefficient (Wildman–Crippen LogP) is 3.43. The van der Waals surface area contributed by atoms with Crippen LogP contribution in [0.25, 0.3) is 0 Å². The van der Waals surface area contributed by atoms with Gasteiger partial charge in [-0.05, 0) is 43.0 Å². The Balaban J connectivity index is 1.73. The van der Waals surface area contributed by atoms with Gasteiger partial charge in [0.25, 0.3) is 5.91 Å². The minimum atomic E-state index is 0.0796. The summed E-state index contributed by atoms with van der Waals surface area (Å²) in [5, 5.41) is 4.96. The van der Waals surface area contributed by atoms with Gasteiger partial charge in [-0.3, -0.25) is 4.79 Å². The first-order valence-corrected chi connectivity index (χ1v) is 7.51. The molecule has 1 N–H and O–H groups in total. The Kier molecular flexibility index (Phi) is 4.41. The molecule has 2 rings (SSSR count). The van der Waals surface area contributed by atoms with Crippen LogP contribution in [0.5, 0.6) is 0 Å². The second kappa shape index (κ2) is 5.82. The number of rotatable bonds is 3. The van der Waals surface area contributed by atoms with E-state index in [2.05, 4.69) is 21.2 Å². The van der Waals surface area contributed by atoms with Crippen molar-refractivity contribution in [3.63, 3.8) is 0 Å². The van der Waals surface area contributed by atoms with Gasteiger partial charge < -0.3 is 5.32 Å². The van der Waals surface area contributed by atoms with Crippen LogP contribution in [-0.2, 0) is 0 Å². The van der Waals surface area contributed by atoms with E-state index in [0.29, 0.717) is 10.7 Å². The Morgan fingerprint density at radius 3 is 2.81 bits per heavy atom. The van der Waals surface area contributed by atoms with Gasteiger partial charge in [0.2, 0.25) is 0 Å². The molecule has 0 radical (unpaired) electrons. The Morgan fingerprint density at radius 2 is 2.19 bits per heavy atom. The molecule has 16 heavy (non-hydrogen) atoms. The third-order valence-electron chi connectivity index (χ3n) is 3.07. The summed E-state index contributed by atoms with van der Waals surface area (Å²) in [5.74, 6) is 0.744. The zero-order valence-corrected chi connectivity index (χ0v) is 11.5. The summed E-state index contributed by atoms with van der Waals surface area (Å²) < 4.78 is 0. The van der Waals surface area contributed by atoms with E-state index in [0.717, 1.165) is 11.4 Å². The van der Waals surface area contributed by atoms with Crippen molar-refractivity contribution in [1.82, 2.24) is 5.32 Å². The molecule has 0 saturated heterocycles. The third-order valence-corrected chi connectivity index (χ3v) is 4.86. The number of halogens is 1. The molecule has 0 bridgehead atoms.